The summed E-state index contributed by atoms with van der Waals surface area (Å²) in [5.41, 5.74) is 7.61. The van der Waals surface area contributed by atoms with E-state index in [0.29, 0.717) is 25.6 Å². The van der Waals surface area contributed by atoms with Gasteiger partial charge in [-0.05, 0) is 65.2 Å². The Labute approximate surface area is 383 Å². The van der Waals surface area contributed by atoms with Crippen LogP contribution in [0, 0.1) is 0 Å². The van der Waals surface area contributed by atoms with E-state index in [4.69, 9.17) is 37.9 Å². The number of carbonyl (C=O) groups is 4. The van der Waals surface area contributed by atoms with E-state index < -0.39 is 44.1 Å². The third-order valence-electron chi connectivity index (χ3n) is 9.07. The van der Waals surface area contributed by atoms with Crippen LogP contribution in [0.2, 0.25) is 0 Å². The van der Waals surface area contributed by atoms with Crippen LogP contribution in [0.25, 0.3) is 0 Å². The van der Waals surface area contributed by atoms with Gasteiger partial charge in [0.15, 0.2) is 0 Å². The maximum Gasteiger partial charge on any atom is 0.335 e. The molecule has 6 aromatic carbocycles. The van der Waals surface area contributed by atoms with E-state index in [2.05, 4.69) is 29.2 Å². The highest BCUT2D eigenvalue weighted by Crippen LogP contribution is 2.16. The van der Waals surface area contributed by atoms with Gasteiger partial charge < -0.3 is 29.9 Å². The normalized spacial score (nSPS) is 10.9. The lowest BCUT2D eigenvalue weighted by atomic mass is 10.1. The van der Waals surface area contributed by atoms with Crippen molar-refractivity contribution in [2.75, 3.05) is 12.5 Å². The Morgan fingerprint density at radius 3 is 0.864 bits per heavy atom. The summed E-state index contributed by atoms with van der Waals surface area (Å²) in [6.07, 6.45) is 1.32. The number of hydrogen-bond donors (Lipinski definition) is 6. The number of aromatic carboxylic acids is 4. The molecule has 348 valence electrons. The number of carboxylic acids is 4. The van der Waals surface area contributed by atoms with Gasteiger partial charge in [0.2, 0.25) is 0 Å². The van der Waals surface area contributed by atoms with Gasteiger partial charge in [-0.1, -0.05) is 109 Å². The Morgan fingerprint density at radius 2 is 0.621 bits per heavy atom. The highest BCUT2D eigenvalue weighted by Gasteiger charge is 2.15. The highest BCUT2D eigenvalue weighted by atomic mass is 32.2. The molecule has 0 atom stereocenters. The number of carboxylic acid groups (broad SMARTS) is 4. The molecule has 0 aliphatic rings. The second-order valence-electron chi connectivity index (χ2n) is 14.8. The van der Waals surface area contributed by atoms with Crippen molar-refractivity contribution in [3.05, 3.63) is 213 Å². The molecule has 6 rings (SSSR count). The number of nitrogens with one attached hydrogen (secondary N) is 1. The van der Waals surface area contributed by atoms with Crippen LogP contribution >= 0.6 is 0 Å². The Bertz CT molecular complexity index is 2370. The van der Waals surface area contributed by atoms with Gasteiger partial charge in [0.1, 0.15) is 19.6 Å². The molecule has 0 bridgehead atoms. The van der Waals surface area contributed by atoms with Crippen LogP contribution in [0.1, 0.15) is 74.8 Å². The van der Waals surface area contributed by atoms with E-state index in [1.165, 1.54) is 16.0 Å². The molecule has 0 radical (unpaired) electrons. The van der Waals surface area contributed by atoms with E-state index in [1.54, 1.807) is 48.5 Å². The Morgan fingerprint density at radius 1 is 0.424 bits per heavy atom. The molecular weight excluding hydrogens is 893 g/mol. The van der Waals surface area contributed by atoms with E-state index >= 15 is 0 Å². The first kappa shape index (κ1) is 53.3. The zero-order chi connectivity index (χ0) is 48.9. The van der Waals surface area contributed by atoms with Gasteiger partial charge in [0.05, 0.1) is 38.6 Å². The van der Waals surface area contributed by atoms with Crippen LogP contribution in [0.5, 0.6) is 0 Å². The average Bonchev–Trinajstić information content (AvgIpc) is 3.24. The fourth-order valence-corrected chi connectivity index (χ4v) is 6.21. The van der Waals surface area contributed by atoms with Crippen LogP contribution in [-0.4, -0.2) is 87.7 Å². The van der Waals surface area contributed by atoms with Crippen LogP contribution in [-0.2, 0) is 59.5 Å². The molecule has 0 aliphatic heterocycles. The molecule has 0 fully saturated rings. The minimum atomic E-state index is -3.92. The van der Waals surface area contributed by atoms with Crippen molar-refractivity contribution in [3.63, 3.8) is 0 Å². The molecule has 66 heavy (non-hydrogen) atoms. The number of rotatable bonds is 16. The van der Waals surface area contributed by atoms with Gasteiger partial charge >= 0.3 is 23.9 Å². The molecule has 16 nitrogen and oxygen atoms in total. The third kappa shape index (κ3) is 22.5. The van der Waals surface area contributed by atoms with Crippen molar-refractivity contribution in [3.8, 4) is 0 Å². The molecule has 6 N–H and O–H groups in total. The van der Waals surface area contributed by atoms with Crippen molar-refractivity contribution in [1.29, 1.82) is 0 Å². The first-order chi connectivity index (χ1) is 31.0. The fourth-order valence-electron chi connectivity index (χ4n) is 6.21. The molecule has 18 heteroatoms. The van der Waals surface area contributed by atoms with Crippen molar-refractivity contribution < 1.29 is 70.4 Å². The van der Waals surface area contributed by atoms with Crippen molar-refractivity contribution in [2.45, 2.75) is 39.3 Å². The predicted octanol–water partition coefficient (Wildman–Crippen LogP) is 5.82. The topological polar surface area (TPSA) is 268 Å². The standard InChI is InChI=1S/2C23H21NO4.2CH4O3S/c2*25-22(26)20-10-6-18(7-11-20)15-24(14-17-4-2-1-3-5-17)16-19-8-12-21(13-9-19)23(27)28;2*1-5(2,3)4/h2*1-13H,14-16H2,(H,25,26)(H,27,28);2*1H3,(H,2,3,4). The monoisotopic (exact) mass is 942 g/mol. The first-order valence-corrected chi connectivity index (χ1v) is 23.4. The van der Waals surface area contributed by atoms with Gasteiger partial charge in [0, 0.05) is 42.6 Å². The lowest BCUT2D eigenvalue weighted by molar-refractivity contribution is -0.941. The first-order valence-electron chi connectivity index (χ1n) is 19.8. The maximum atomic E-state index is 11.0. The minimum absolute atomic E-state index is 0.266. The summed E-state index contributed by atoms with van der Waals surface area (Å²) in [6, 6.07) is 47.9. The molecule has 0 aliphatic carbocycles. The average molecular weight is 943 g/mol. The molecule has 0 spiro atoms. The predicted molar refractivity (Wildman–Crippen MR) is 245 cm³/mol. The Kier molecular flexibility index (Phi) is 21.0. The number of quaternary nitrogens is 1. The van der Waals surface area contributed by atoms with Crippen molar-refractivity contribution >= 4 is 44.1 Å². The molecule has 0 amide bonds. The van der Waals surface area contributed by atoms with E-state index in [9.17, 15) is 27.6 Å². The number of nitrogens with zero attached hydrogens (tertiary/aromatic N) is 1. The second kappa shape index (κ2) is 26.0. The summed E-state index contributed by atoms with van der Waals surface area (Å²) in [5.74, 6) is -3.74. The van der Waals surface area contributed by atoms with Gasteiger partial charge in [-0.3, -0.25) is 9.45 Å². The smallest absolute Gasteiger partial charge is 0.335 e. The molecule has 0 saturated carbocycles. The number of benzene rings is 6. The lowest BCUT2D eigenvalue weighted by Gasteiger charge is -2.23. The summed E-state index contributed by atoms with van der Waals surface area (Å²) in [6.45, 7) is 4.29. The lowest BCUT2D eigenvalue weighted by Crippen LogP contribution is -3.08. The Hall–Kier alpha value is -7.06. The molecule has 0 heterocycles. The summed E-state index contributed by atoms with van der Waals surface area (Å²) >= 11 is 0. The third-order valence-corrected chi connectivity index (χ3v) is 9.07. The van der Waals surface area contributed by atoms with Gasteiger partial charge in [0.25, 0.3) is 10.1 Å². The molecule has 6 aromatic rings. The van der Waals surface area contributed by atoms with Crippen LogP contribution in [0.4, 0.5) is 0 Å². The van der Waals surface area contributed by atoms with E-state index in [1.807, 2.05) is 84.9 Å². The van der Waals surface area contributed by atoms with Crippen molar-refractivity contribution in [1.82, 2.24) is 4.90 Å². The summed E-state index contributed by atoms with van der Waals surface area (Å²) in [7, 11) is -7.58. The van der Waals surface area contributed by atoms with Crippen LogP contribution < -0.4 is 4.90 Å². The number of hydrogen-bond acceptors (Lipinski definition) is 10. The Balaban J connectivity index is 0.000000291. The van der Waals surface area contributed by atoms with Gasteiger partial charge in [-0.25, -0.2) is 27.6 Å². The zero-order valence-corrected chi connectivity index (χ0v) is 37.6. The van der Waals surface area contributed by atoms with Gasteiger partial charge in [-0.2, -0.15) is 8.42 Å². The summed E-state index contributed by atoms with van der Waals surface area (Å²) < 4.78 is 53.1. The van der Waals surface area contributed by atoms with Gasteiger partial charge in [-0.15, -0.1) is 0 Å². The van der Waals surface area contributed by atoms with E-state index in [0.717, 1.165) is 48.4 Å². The largest absolute Gasteiger partial charge is 0.748 e. The molecule has 0 saturated heterocycles. The van der Waals surface area contributed by atoms with Crippen LogP contribution in [0.3, 0.4) is 0 Å². The SMILES string of the molecule is CS(=O)(=O)O.CS(=O)(=O)[O-].O=C(O)c1ccc(CN(Cc2ccccc2)Cc2ccc(C(=O)O)cc2)cc1.O=C(O)c1ccc(C[NH+](Cc2ccccc2)Cc2ccc(C(=O)O)cc2)cc1. The maximum absolute atomic E-state index is 11.0. The fraction of sp³-hybridized carbons (Fsp3) is 0.167. The summed E-state index contributed by atoms with van der Waals surface area (Å²) in [4.78, 5) is 47.7. The quantitative estimate of drug-likeness (QED) is 0.0625. The minimum Gasteiger partial charge on any atom is -0.748 e. The molecular formula is C48H50N2O14S2. The second-order valence-corrected chi connectivity index (χ2v) is 17.7. The van der Waals surface area contributed by atoms with Crippen LogP contribution in [0.15, 0.2) is 158 Å². The zero-order valence-electron chi connectivity index (χ0n) is 35.9. The van der Waals surface area contributed by atoms with E-state index in [-0.39, 0.29) is 22.3 Å². The molecule has 0 aromatic heterocycles. The summed E-state index contributed by atoms with van der Waals surface area (Å²) in [5, 5.41) is 36.2. The highest BCUT2D eigenvalue weighted by molar-refractivity contribution is 7.85. The van der Waals surface area contributed by atoms with Crippen molar-refractivity contribution in [2.24, 2.45) is 0 Å². The molecule has 0 unspecified atom stereocenters.